The molecule has 5 rings (SSSR count). The summed E-state index contributed by atoms with van der Waals surface area (Å²) >= 11 is 4.76. The van der Waals surface area contributed by atoms with Crippen molar-refractivity contribution in [3.63, 3.8) is 0 Å². The molecule has 2 aromatic carbocycles. The number of carbonyl (C=O) groups is 1. The van der Waals surface area contributed by atoms with Crippen LogP contribution in [0.4, 0.5) is 5.13 Å². The van der Waals surface area contributed by atoms with Gasteiger partial charge in [0, 0.05) is 23.1 Å². The SMILES string of the molecule is O=C(c1ccc(S(=O)(=O)N2CCOCC2)cc1)N(/N=C/c1ccco1)c1nc2ccc(Br)cc2s1. The number of hydrogen-bond donors (Lipinski definition) is 0. The van der Waals surface area contributed by atoms with Crippen LogP contribution < -0.4 is 5.01 Å². The molecular weight excluding hydrogens is 556 g/mol. The van der Waals surface area contributed by atoms with Crippen molar-refractivity contribution in [2.75, 3.05) is 31.3 Å². The van der Waals surface area contributed by atoms with Crippen molar-refractivity contribution in [3.8, 4) is 0 Å². The van der Waals surface area contributed by atoms with Gasteiger partial charge in [-0.1, -0.05) is 27.3 Å². The van der Waals surface area contributed by atoms with Crippen LogP contribution >= 0.6 is 27.3 Å². The van der Waals surface area contributed by atoms with E-state index in [1.54, 1.807) is 12.1 Å². The van der Waals surface area contributed by atoms with Crippen LogP contribution in [0, 0.1) is 0 Å². The summed E-state index contributed by atoms with van der Waals surface area (Å²) in [6.07, 6.45) is 2.94. The van der Waals surface area contributed by atoms with E-state index in [0.29, 0.717) is 37.2 Å². The molecule has 9 nitrogen and oxygen atoms in total. The summed E-state index contributed by atoms with van der Waals surface area (Å²) < 4.78 is 39.5. The van der Waals surface area contributed by atoms with Gasteiger partial charge in [-0.3, -0.25) is 4.79 Å². The van der Waals surface area contributed by atoms with Gasteiger partial charge in [0.15, 0.2) is 0 Å². The zero-order valence-corrected chi connectivity index (χ0v) is 21.4. The average molecular weight is 575 g/mol. The molecule has 0 unspecified atom stereocenters. The molecule has 0 aliphatic carbocycles. The summed E-state index contributed by atoms with van der Waals surface area (Å²) in [4.78, 5) is 18.2. The molecule has 0 radical (unpaired) electrons. The number of fused-ring (bicyclic) bond motifs is 1. The van der Waals surface area contributed by atoms with Crippen molar-refractivity contribution >= 4 is 64.8 Å². The molecule has 1 amide bonds. The first kappa shape index (κ1) is 23.8. The van der Waals surface area contributed by atoms with Crippen molar-refractivity contribution in [2.24, 2.45) is 5.10 Å². The zero-order chi connectivity index (χ0) is 24.4. The molecule has 2 aromatic heterocycles. The molecule has 1 fully saturated rings. The highest BCUT2D eigenvalue weighted by Gasteiger charge is 2.27. The predicted octanol–water partition coefficient (Wildman–Crippen LogP) is 4.35. The van der Waals surface area contributed by atoms with E-state index in [4.69, 9.17) is 9.15 Å². The van der Waals surface area contributed by atoms with Gasteiger partial charge in [0.25, 0.3) is 5.91 Å². The van der Waals surface area contributed by atoms with Crippen LogP contribution in [0.25, 0.3) is 10.2 Å². The Morgan fingerprint density at radius 2 is 1.91 bits per heavy atom. The fraction of sp³-hybridized carbons (Fsp3) is 0.174. The number of hydrogen-bond acceptors (Lipinski definition) is 8. The Morgan fingerprint density at radius 1 is 1.14 bits per heavy atom. The van der Waals surface area contributed by atoms with E-state index in [0.717, 1.165) is 14.7 Å². The molecule has 3 heterocycles. The number of furan rings is 1. The first-order chi connectivity index (χ1) is 16.9. The topological polar surface area (TPSA) is 105 Å². The highest BCUT2D eigenvalue weighted by atomic mass is 79.9. The van der Waals surface area contributed by atoms with E-state index >= 15 is 0 Å². The van der Waals surface area contributed by atoms with Gasteiger partial charge in [-0.05, 0) is 54.6 Å². The molecule has 1 aliphatic heterocycles. The lowest BCUT2D eigenvalue weighted by Gasteiger charge is -2.26. The Kier molecular flexibility index (Phi) is 6.80. The molecule has 0 bridgehead atoms. The second-order valence-corrected chi connectivity index (χ2v) is 11.4. The molecule has 1 saturated heterocycles. The number of carbonyl (C=O) groups excluding carboxylic acids is 1. The van der Waals surface area contributed by atoms with Crippen molar-refractivity contribution in [3.05, 3.63) is 76.7 Å². The first-order valence-electron chi connectivity index (χ1n) is 10.6. The number of thiazole rings is 1. The minimum absolute atomic E-state index is 0.117. The van der Waals surface area contributed by atoms with Crippen molar-refractivity contribution in [1.29, 1.82) is 0 Å². The number of sulfonamides is 1. The molecular formula is C23H19BrN4O5S2. The smallest absolute Gasteiger partial charge is 0.280 e. The molecule has 35 heavy (non-hydrogen) atoms. The van der Waals surface area contributed by atoms with Crippen molar-refractivity contribution in [1.82, 2.24) is 9.29 Å². The van der Waals surface area contributed by atoms with E-state index in [9.17, 15) is 13.2 Å². The summed E-state index contributed by atoms with van der Waals surface area (Å²) in [5, 5.41) is 5.89. The third kappa shape index (κ3) is 5.07. The first-order valence-corrected chi connectivity index (χ1v) is 13.6. The second-order valence-electron chi connectivity index (χ2n) is 7.53. The largest absolute Gasteiger partial charge is 0.463 e. The van der Waals surface area contributed by atoms with Crippen LogP contribution in [0.5, 0.6) is 0 Å². The quantitative estimate of drug-likeness (QED) is 0.250. The predicted molar refractivity (Wildman–Crippen MR) is 136 cm³/mol. The molecule has 180 valence electrons. The Bertz CT molecular complexity index is 1480. The number of halogens is 1. The molecule has 0 spiro atoms. The zero-order valence-electron chi connectivity index (χ0n) is 18.2. The van der Waals surface area contributed by atoms with Crippen LogP contribution in [0.2, 0.25) is 0 Å². The number of nitrogens with zero attached hydrogens (tertiary/aromatic N) is 4. The van der Waals surface area contributed by atoms with Crippen LogP contribution in [0.1, 0.15) is 16.1 Å². The number of anilines is 1. The van der Waals surface area contributed by atoms with Gasteiger partial charge >= 0.3 is 0 Å². The maximum Gasteiger partial charge on any atom is 0.280 e. The Hall–Kier alpha value is -2.90. The third-order valence-electron chi connectivity index (χ3n) is 5.27. The van der Waals surface area contributed by atoms with E-state index in [1.807, 2.05) is 18.2 Å². The fourth-order valence-corrected chi connectivity index (χ4v) is 6.35. The summed E-state index contributed by atoms with van der Waals surface area (Å²) in [5.41, 5.74) is 0.995. The third-order valence-corrected chi connectivity index (χ3v) is 8.67. The van der Waals surface area contributed by atoms with E-state index in [-0.39, 0.29) is 10.5 Å². The second kappa shape index (κ2) is 9.99. The molecule has 0 N–H and O–H groups in total. The van der Waals surface area contributed by atoms with Crippen LogP contribution in [0.15, 0.2) is 79.7 Å². The number of aromatic nitrogens is 1. The summed E-state index contributed by atoms with van der Waals surface area (Å²) in [5.74, 6) is 0.0138. The summed E-state index contributed by atoms with van der Waals surface area (Å²) in [7, 11) is -3.67. The maximum absolute atomic E-state index is 13.5. The van der Waals surface area contributed by atoms with E-state index < -0.39 is 15.9 Å². The minimum Gasteiger partial charge on any atom is -0.463 e. The minimum atomic E-state index is -3.67. The molecule has 12 heteroatoms. The molecule has 4 aromatic rings. The van der Waals surface area contributed by atoms with Gasteiger partial charge in [-0.25, -0.2) is 13.4 Å². The summed E-state index contributed by atoms with van der Waals surface area (Å²) in [6.45, 7) is 1.31. The normalized spacial score (nSPS) is 15.1. The number of morpholine rings is 1. The van der Waals surface area contributed by atoms with Crippen LogP contribution in [0.3, 0.4) is 0 Å². The van der Waals surface area contributed by atoms with Gasteiger partial charge in [0.2, 0.25) is 15.2 Å². The average Bonchev–Trinajstić information content (AvgIpc) is 3.54. The Morgan fingerprint density at radius 3 is 2.63 bits per heavy atom. The Labute approximate surface area is 213 Å². The fourth-order valence-electron chi connectivity index (χ4n) is 3.47. The molecule has 0 atom stereocenters. The number of ether oxygens (including phenoxy) is 1. The Balaban J connectivity index is 1.47. The lowest BCUT2D eigenvalue weighted by molar-refractivity contribution is 0.0730. The van der Waals surface area contributed by atoms with Crippen molar-refractivity contribution in [2.45, 2.75) is 4.90 Å². The van der Waals surface area contributed by atoms with Crippen molar-refractivity contribution < 1.29 is 22.4 Å². The number of rotatable bonds is 6. The lowest BCUT2D eigenvalue weighted by atomic mass is 10.2. The van der Waals surface area contributed by atoms with E-state index in [2.05, 4.69) is 26.0 Å². The van der Waals surface area contributed by atoms with Crippen LogP contribution in [-0.2, 0) is 14.8 Å². The standard InChI is InChI=1S/C23H19BrN4O5S2/c24-17-5-8-20-21(14-17)34-23(26-20)28(25-15-18-2-1-11-33-18)22(29)16-3-6-19(7-4-16)35(30,31)27-9-12-32-13-10-27/h1-8,11,14-15H,9-10,12-13H2/b25-15+. The van der Waals surface area contributed by atoms with E-state index in [1.165, 1.54) is 57.4 Å². The van der Waals surface area contributed by atoms with Crippen LogP contribution in [-0.4, -0.2) is 56.1 Å². The van der Waals surface area contributed by atoms with Gasteiger partial charge in [0.05, 0.1) is 40.8 Å². The summed E-state index contributed by atoms with van der Waals surface area (Å²) in [6, 6.07) is 14.9. The van der Waals surface area contributed by atoms with Gasteiger partial charge in [-0.2, -0.15) is 14.4 Å². The highest BCUT2D eigenvalue weighted by molar-refractivity contribution is 9.10. The molecule has 0 saturated carbocycles. The maximum atomic E-state index is 13.5. The monoisotopic (exact) mass is 574 g/mol. The number of hydrazone groups is 1. The van der Waals surface area contributed by atoms with Gasteiger partial charge < -0.3 is 9.15 Å². The number of benzene rings is 2. The highest BCUT2D eigenvalue weighted by Crippen LogP contribution is 2.32. The molecule has 1 aliphatic rings. The lowest BCUT2D eigenvalue weighted by Crippen LogP contribution is -2.40. The van der Waals surface area contributed by atoms with Gasteiger partial charge in [-0.15, -0.1) is 0 Å². The number of amides is 1. The van der Waals surface area contributed by atoms with Gasteiger partial charge in [0.1, 0.15) is 5.76 Å².